The van der Waals surface area contributed by atoms with Crippen LogP contribution in [0.25, 0.3) is 10.9 Å². The molecule has 3 rings (SSSR count). The van der Waals surface area contributed by atoms with E-state index in [-0.39, 0.29) is 12.1 Å². The monoisotopic (exact) mass is 352 g/mol. The van der Waals surface area contributed by atoms with E-state index in [2.05, 4.69) is 21.5 Å². The number of H-pyrrole nitrogens is 2. The first-order chi connectivity index (χ1) is 12.5. The number of para-hydroxylation sites is 1. The van der Waals surface area contributed by atoms with Gasteiger partial charge < -0.3 is 10.1 Å². The zero-order chi connectivity index (χ0) is 18.7. The van der Waals surface area contributed by atoms with E-state index in [0.717, 1.165) is 21.0 Å². The molecular formula is C19H20N4O3. The largest absolute Gasteiger partial charge is 0.494 e. The molecule has 2 heterocycles. The highest BCUT2D eigenvalue weighted by Gasteiger charge is 2.15. The second kappa shape index (κ2) is 7.26. The molecule has 134 valence electrons. The minimum Gasteiger partial charge on any atom is -0.494 e. The molecule has 0 saturated carbocycles. The van der Waals surface area contributed by atoms with Crippen LogP contribution in [0.4, 0.5) is 0 Å². The van der Waals surface area contributed by atoms with Crippen LogP contribution in [0, 0.1) is 0 Å². The van der Waals surface area contributed by atoms with E-state index in [1.54, 1.807) is 6.92 Å². The molecule has 0 radical (unpaired) electrons. The van der Waals surface area contributed by atoms with Crippen LogP contribution in [0.5, 0.6) is 5.88 Å². The Bertz CT molecular complexity index is 1100. The molecule has 0 saturated heterocycles. The Labute approximate surface area is 149 Å². The molecule has 0 bridgehead atoms. The van der Waals surface area contributed by atoms with E-state index in [1.807, 2.05) is 30.5 Å². The Morgan fingerprint density at radius 1 is 1.35 bits per heavy atom. The first-order valence-electron chi connectivity index (χ1n) is 8.26. The molecule has 0 fully saturated rings. The summed E-state index contributed by atoms with van der Waals surface area (Å²) in [6, 6.07) is 8.00. The Balaban J connectivity index is 1.86. The fraction of sp³-hybridized carbons (Fsp3) is 0.211. The predicted molar refractivity (Wildman–Crippen MR) is 102 cm³/mol. The third-order valence-electron chi connectivity index (χ3n) is 4.25. The van der Waals surface area contributed by atoms with Gasteiger partial charge in [-0.25, -0.2) is 4.79 Å². The minimum atomic E-state index is -0.678. The van der Waals surface area contributed by atoms with Gasteiger partial charge in [0.25, 0.3) is 5.56 Å². The van der Waals surface area contributed by atoms with Crippen LogP contribution in [-0.2, 0) is 13.0 Å². The number of hydrogen-bond acceptors (Lipinski definition) is 4. The fourth-order valence-electron chi connectivity index (χ4n) is 2.95. The van der Waals surface area contributed by atoms with Gasteiger partial charge in [-0.1, -0.05) is 24.3 Å². The first-order valence-corrected chi connectivity index (χ1v) is 8.26. The van der Waals surface area contributed by atoms with Crippen molar-refractivity contribution in [3.05, 3.63) is 75.1 Å². The molecule has 0 unspecified atom stereocenters. The zero-order valence-corrected chi connectivity index (χ0v) is 14.5. The van der Waals surface area contributed by atoms with Gasteiger partial charge in [0, 0.05) is 35.9 Å². The number of nitrogens with one attached hydrogen (secondary N) is 2. The van der Waals surface area contributed by atoms with Crippen molar-refractivity contribution in [1.29, 1.82) is 0 Å². The van der Waals surface area contributed by atoms with Crippen molar-refractivity contribution in [1.82, 2.24) is 14.5 Å². The second-order valence-electron chi connectivity index (χ2n) is 5.93. The highest BCUT2D eigenvalue weighted by Crippen LogP contribution is 2.18. The SMILES string of the molecule is C=CCn1c(O)c(C(C)=NCCc2c[nH]c3ccccc23)c(=O)[nH]c1=O. The third kappa shape index (κ3) is 3.23. The van der Waals surface area contributed by atoms with Crippen molar-refractivity contribution in [3.8, 4) is 5.88 Å². The number of aliphatic imine (C=N–C) groups is 1. The lowest BCUT2D eigenvalue weighted by molar-refractivity contribution is 0.409. The standard InChI is InChI=1S/C19H20N4O3/c1-3-10-23-18(25)16(17(24)22-19(23)26)12(2)20-9-8-13-11-21-15-7-5-4-6-14(13)15/h3-7,11,21,25H,1,8-10H2,2H3,(H,22,24,26). The van der Waals surface area contributed by atoms with Crippen LogP contribution >= 0.6 is 0 Å². The van der Waals surface area contributed by atoms with Crippen LogP contribution in [0.1, 0.15) is 18.1 Å². The maximum absolute atomic E-state index is 12.1. The number of benzene rings is 1. The molecule has 26 heavy (non-hydrogen) atoms. The summed E-state index contributed by atoms with van der Waals surface area (Å²) in [5, 5.41) is 11.4. The van der Waals surface area contributed by atoms with Crippen LogP contribution in [0.3, 0.4) is 0 Å². The summed E-state index contributed by atoms with van der Waals surface area (Å²) >= 11 is 0. The molecule has 7 heteroatoms. The van der Waals surface area contributed by atoms with Gasteiger partial charge in [-0.15, -0.1) is 6.58 Å². The van der Waals surface area contributed by atoms with E-state index < -0.39 is 17.1 Å². The number of allylic oxidation sites excluding steroid dienone is 1. The second-order valence-corrected chi connectivity index (χ2v) is 5.93. The molecule has 3 aromatic rings. The summed E-state index contributed by atoms with van der Waals surface area (Å²) in [6.45, 7) is 5.73. The lowest BCUT2D eigenvalue weighted by Gasteiger charge is -2.09. The lowest BCUT2D eigenvalue weighted by atomic mass is 10.1. The van der Waals surface area contributed by atoms with Gasteiger partial charge in [0.15, 0.2) is 0 Å². The topological polar surface area (TPSA) is 103 Å². The molecule has 7 nitrogen and oxygen atoms in total. The van der Waals surface area contributed by atoms with E-state index in [1.165, 1.54) is 6.08 Å². The van der Waals surface area contributed by atoms with E-state index in [4.69, 9.17) is 0 Å². The van der Waals surface area contributed by atoms with Crippen molar-refractivity contribution in [2.24, 2.45) is 4.99 Å². The normalized spacial score (nSPS) is 11.8. The van der Waals surface area contributed by atoms with Gasteiger partial charge in [-0.3, -0.25) is 19.3 Å². The van der Waals surface area contributed by atoms with Crippen LogP contribution in [0.2, 0.25) is 0 Å². The molecule has 0 aliphatic rings. The molecule has 0 spiro atoms. The average molecular weight is 352 g/mol. The van der Waals surface area contributed by atoms with Crippen LogP contribution in [-0.4, -0.2) is 31.9 Å². The van der Waals surface area contributed by atoms with Gasteiger partial charge in [0.05, 0.1) is 0 Å². The van der Waals surface area contributed by atoms with E-state index >= 15 is 0 Å². The smallest absolute Gasteiger partial charge is 0.331 e. The Morgan fingerprint density at radius 2 is 2.12 bits per heavy atom. The number of aromatic amines is 2. The van der Waals surface area contributed by atoms with Crippen LogP contribution in [0.15, 0.2) is 57.7 Å². The molecule has 3 N–H and O–H groups in total. The van der Waals surface area contributed by atoms with E-state index in [0.29, 0.717) is 18.7 Å². The highest BCUT2D eigenvalue weighted by molar-refractivity contribution is 6.00. The predicted octanol–water partition coefficient (Wildman–Crippen LogP) is 1.96. The summed E-state index contributed by atoms with van der Waals surface area (Å²) < 4.78 is 1.04. The Morgan fingerprint density at radius 3 is 2.88 bits per heavy atom. The summed E-state index contributed by atoms with van der Waals surface area (Å²) in [4.78, 5) is 33.7. The van der Waals surface area contributed by atoms with Crippen molar-refractivity contribution in [2.45, 2.75) is 19.9 Å². The molecule has 1 aromatic carbocycles. The Kier molecular flexibility index (Phi) is 4.88. The molecule has 0 atom stereocenters. The van der Waals surface area contributed by atoms with Crippen molar-refractivity contribution in [3.63, 3.8) is 0 Å². The maximum Gasteiger partial charge on any atom is 0.331 e. The summed E-state index contributed by atoms with van der Waals surface area (Å²) in [7, 11) is 0. The van der Waals surface area contributed by atoms with E-state index in [9.17, 15) is 14.7 Å². The number of aromatic hydroxyl groups is 1. The number of aromatic nitrogens is 3. The summed E-state index contributed by atoms with van der Waals surface area (Å²) in [5.74, 6) is -0.396. The van der Waals surface area contributed by atoms with Gasteiger partial charge >= 0.3 is 5.69 Å². The molecule has 0 aliphatic heterocycles. The van der Waals surface area contributed by atoms with Crippen molar-refractivity contribution >= 4 is 16.6 Å². The van der Waals surface area contributed by atoms with Gasteiger partial charge in [0.2, 0.25) is 5.88 Å². The first kappa shape index (κ1) is 17.5. The quantitative estimate of drug-likeness (QED) is 0.467. The molecule has 2 aromatic heterocycles. The number of fused-ring (bicyclic) bond motifs is 1. The molecule has 0 amide bonds. The van der Waals surface area contributed by atoms with Gasteiger partial charge in [-0.05, 0) is 25.0 Å². The van der Waals surface area contributed by atoms with Crippen LogP contribution < -0.4 is 11.2 Å². The minimum absolute atomic E-state index is 0.00498. The molecular weight excluding hydrogens is 332 g/mol. The maximum atomic E-state index is 12.1. The zero-order valence-electron chi connectivity index (χ0n) is 14.5. The fourth-order valence-corrected chi connectivity index (χ4v) is 2.95. The van der Waals surface area contributed by atoms with Gasteiger partial charge in [0.1, 0.15) is 5.56 Å². The van der Waals surface area contributed by atoms with Gasteiger partial charge in [-0.2, -0.15) is 0 Å². The average Bonchev–Trinajstić information content (AvgIpc) is 3.02. The lowest BCUT2D eigenvalue weighted by Crippen LogP contribution is -2.33. The molecule has 0 aliphatic carbocycles. The third-order valence-corrected chi connectivity index (χ3v) is 4.25. The Hall–Kier alpha value is -3.35. The summed E-state index contributed by atoms with van der Waals surface area (Å²) in [6.07, 6.45) is 4.10. The number of nitrogens with zero attached hydrogens (tertiary/aromatic N) is 2. The van der Waals surface area contributed by atoms with Crippen molar-refractivity contribution in [2.75, 3.05) is 6.54 Å². The summed E-state index contributed by atoms with van der Waals surface area (Å²) in [5.41, 5.74) is 1.25. The highest BCUT2D eigenvalue weighted by atomic mass is 16.3. The van der Waals surface area contributed by atoms with Crippen molar-refractivity contribution < 1.29 is 5.11 Å². The number of hydrogen-bond donors (Lipinski definition) is 3. The number of rotatable bonds is 6.